The third kappa shape index (κ3) is 4.47. The van der Waals surface area contributed by atoms with Crippen molar-refractivity contribution in [3.63, 3.8) is 0 Å². The van der Waals surface area contributed by atoms with Gasteiger partial charge >= 0.3 is 11.9 Å². The molecule has 8 aliphatic rings. The largest absolute Gasteiger partial charge is 0.459 e. The van der Waals surface area contributed by atoms with E-state index in [2.05, 4.69) is 13.8 Å². The molecular weight excluding hydrogens is 464 g/mol. The van der Waals surface area contributed by atoms with Gasteiger partial charge in [0.05, 0.1) is 17.4 Å². The number of hydrogen-bond donors (Lipinski definition) is 1. The molecule has 5 heteroatoms. The highest BCUT2D eigenvalue weighted by Crippen LogP contribution is 2.65. The number of carbonyl (C=O) groups excluding carboxylic acids is 2. The molecule has 0 aliphatic heterocycles. The summed E-state index contributed by atoms with van der Waals surface area (Å²) < 4.78 is 12.8. The van der Waals surface area contributed by atoms with Gasteiger partial charge in [0.2, 0.25) is 0 Å². The first-order valence-corrected chi connectivity index (χ1v) is 15.7. The molecule has 5 nitrogen and oxygen atoms in total. The molecule has 0 radical (unpaired) electrons. The van der Waals surface area contributed by atoms with Crippen molar-refractivity contribution in [2.24, 2.45) is 46.8 Å². The molecule has 8 bridgehead atoms. The van der Waals surface area contributed by atoms with E-state index in [0.29, 0.717) is 31.1 Å². The highest BCUT2D eigenvalue weighted by molar-refractivity contribution is 5.76. The summed E-state index contributed by atoms with van der Waals surface area (Å²) >= 11 is 0. The maximum absolute atomic E-state index is 13.6. The van der Waals surface area contributed by atoms with E-state index < -0.39 is 16.8 Å². The number of ether oxygens (including phenoxy) is 2. The molecule has 1 N–H and O–H groups in total. The van der Waals surface area contributed by atoms with Crippen LogP contribution in [-0.4, -0.2) is 33.8 Å². The second-order valence-corrected chi connectivity index (χ2v) is 15.2. The Morgan fingerprint density at radius 1 is 0.865 bits per heavy atom. The number of hydrogen-bond acceptors (Lipinski definition) is 5. The lowest BCUT2D eigenvalue weighted by molar-refractivity contribution is -0.222. The topological polar surface area (TPSA) is 72.8 Å². The van der Waals surface area contributed by atoms with Gasteiger partial charge in [0, 0.05) is 11.8 Å². The lowest BCUT2D eigenvalue weighted by atomic mass is 9.45. The number of carbonyl (C=O) groups is 2. The monoisotopic (exact) mass is 514 g/mol. The lowest BCUT2D eigenvalue weighted by Gasteiger charge is -2.62. The SMILES string of the molecule is CCC(CC(C)C(=O)OC12CC3CC(CC(O)(C3)C1)C2)C(=O)OC(C)(CC)C12CC3CC(CC(C3)C1)C2. The summed E-state index contributed by atoms with van der Waals surface area (Å²) in [4.78, 5) is 27.0. The fraction of sp³-hybridized carbons (Fsp3) is 0.938. The Bertz CT molecular complexity index is 875. The van der Waals surface area contributed by atoms with Crippen molar-refractivity contribution in [1.29, 1.82) is 0 Å². The van der Waals surface area contributed by atoms with E-state index in [-0.39, 0.29) is 29.2 Å². The first-order valence-electron chi connectivity index (χ1n) is 15.7. The smallest absolute Gasteiger partial charge is 0.309 e. The van der Waals surface area contributed by atoms with Crippen molar-refractivity contribution in [3.05, 3.63) is 0 Å². The van der Waals surface area contributed by atoms with Gasteiger partial charge in [-0.1, -0.05) is 20.8 Å². The Morgan fingerprint density at radius 3 is 1.89 bits per heavy atom. The minimum Gasteiger partial charge on any atom is -0.459 e. The number of rotatable bonds is 9. The summed E-state index contributed by atoms with van der Waals surface area (Å²) in [7, 11) is 0. The van der Waals surface area contributed by atoms with Crippen LogP contribution in [0.3, 0.4) is 0 Å². The minimum absolute atomic E-state index is 0.119. The molecule has 0 aromatic carbocycles. The Hall–Kier alpha value is -1.10. The van der Waals surface area contributed by atoms with E-state index in [1.54, 1.807) is 0 Å². The van der Waals surface area contributed by atoms with Gasteiger partial charge in [0.1, 0.15) is 11.2 Å². The Kier molecular flexibility index (Phi) is 6.33. The van der Waals surface area contributed by atoms with Crippen LogP contribution in [0.5, 0.6) is 0 Å². The quantitative estimate of drug-likeness (QED) is 0.351. The van der Waals surface area contributed by atoms with Crippen LogP contribution < -0.4 is 0 Å². The second kappa shape index (κ2) is 8.96. The third-order valence-corrected chi connectivity index (χ3v) is 12.3. The molecule has 0 amide bonds. The van der Waals surface area contributed by atoms with Crippen LogP contribution in [0.15, 0.2) is 0 Å². The molecule has 0 spiro atoms. The predicted molar refractivity (Wildman–Crippen MR) is 141 cm³/mol. The van der Waals surface area contributed by atoms with Gasteiger partial charge in [0.25, 0.3) is 0 Å². The number of esters is 2. The zero-order chi connectivity index (χ0) is 26.2. The Balaban J connectivity index is 1.10. The molecule has 0 aromatic heterocycles. The van der Waals surface area contributed by atoms with Gasteiger partial charge in [0.15, 0.2) is 0 Å². The predicted octanol–water partition coefficient (Wildman–Crippen LogP) is 6.59. The van der Waals surface area contributed by atoms with E-state index in [1.165, 1.54) is 44.9 Å². The third-order valence-electron chi connectivity index (χ3n) is 12.3. The van der Waals surface area contributed by atoms with E-state index in [0.717, 1.165) is 49.9 Å². The van der Waals surface area contributed by atoms with Crippen molar-refractivity contribution in [2.45, 2.75) is 141 Å². The first-order chi connectivity index (χ1) is 17.5. The normalized spacial score (nSPS) is 46.4. The molecule has 5 atom stereocenters. The molecule has 8 fully saturated rings. The first kappa shape index (κ1) is 26.1. The minimum atomic E-state index is -0.648. The van der Waals surface area contributed by atoms with Crippen molar-refractivity contribution in [2.75, 3.05) is 0 Å². The summed E-state index contributed by atoms with van der Waals surface area (Å²) in [5, 5.41) is 11.0. The molecule has 8 saturated carbocycles. The summed E-state index contributed by atoms with van der Waals surface area (Å²) in [6.45, 7) is 8.34. The maximum atomic E-state index is 13.6. The van der Waals surface area contributed by atoms with Gasteiger partial charge in [-0.2, -0.15) is 0 Å². The van der Waals surface area contributed by atoms with Crippen LogP contribution in [0.25, 0.3) is 0 Å². The van der Waals surface area contributed by atoms with Gasteiger partial charge in [-0.3, -0.25) is 9.59 Å². The van der Waals surface area contributed by atoms with E-state index >= 15 is 0 Å². The molecule has 8 aliphatic carbocycles. The number of aliphatic hydroxyl groups is 1. The lowest BCUT2D eigenvalue weighted by Crippen LogP contribution is -2.60. The van der Waals surface area contributed by atoms with Crippen molar-refractivity contribution in [3.8, 4) is 0 Å². The van der Waals surface area contributed by atoms with Crippen molar-refractivity contribution in [1.82, 2.24) is 0 Å². The summed E-state index contributed by atoms with van der Waals surface area (Å²) in [5.41, 5.74) is -1.43. The van der Waals surface area contributed by atoms with Crippen molar-refractivity contribution < 1.29 is 24.2 Å². The molecular formula is C32H50O5. The zero-order valence-electron chi connectivity index (χ0n) is 23.7. The average molecular weight is 515 g/mol. The second-order valence-electron chi connectivity index (χ2n) is 15.2. The van der Waals surface area contributed by atoms with Gasteiger partial charge in [-0.05, 0) is 126 Å². The molecule has 208 valence electrons. The van der Waals surface area contributed by atoms with Gasteiger partial charge < -0.3 is 14.6 Å². The fourth-order valence-corrected chi connectivity index (χ4v) is 11.1. The maximum Gasteiger partial charge on any atom is 0.309 e. The zero-order valence-corrected chi connectivity index (χ0v) is 23.7. The highest BCUT2D eigenvalue weighted by Gasteiger charge is 2.61. The van der Waals surface area contributed by atoms with Crippen LogP contribution in [-0.2, 0) is 19.1 Å². The molecule has 0 saturated heterocycles. The van der Waals surface area contributed by atoms with Crippen LogP contribution in [0.4, 0.5) is 0 Å². The Morgan fingerprint density at radius 2 is 1.41 bits per heavy atom. The summed E-state index contributed by atoms with van der Waals surface area (Å²) in [6.07, 6.45) is 15.1. The van der Waals surface area contributed by atoms with Crippen LogP contribution >= 0.6 is 0 Å². The molecule has 5 unspecified atom stereocenters. The van der Waals surface area contributed by atoms with E-state index in [4.69, 9.17) is 9.47 Å². The van der Waals surface area contributed by atoms with Crippen LogP contribution in [0, 0.1) is 46.8 Å². The molecule has 8 rings (SSSR count). The molecule has 0 aromatic rings. The Labute approximate surface area is 223 Å². The highest BCUT2D eigenvalue weighted by atomic mass is 16.6. The molecule has 0 heterocycles. The standard InChI is InChI=1S/C32H50O5/c1-5-26(7-20(3)27(33)37-32-17-24-11-25(18-32)16-31(35,15-24)19-32)28(34)36-29(4,6-2)30-12-21-8-22(13-30)10-23(9-21)14-30/h20-26,35H,5-19H2,1-4H3. The van der Waals surface area contributed by atoms with Crippen LogP contribution in [0.2, 0.25) is 0 Å². The summed E-state index contributed by atoms with van der Waals surface area (Å²) in [5.74, 6) is 2.44. The van der Waals surface area contributed by atoms with Gasteiger partial charge in [-0.25, -0.2) is 0 Å². The molecule has 37 heavy (non-hydrogen) atoms. The summed E-state index contributed by atoms with van der Waals surface area (Å²) in [6, 6.07) is 0. The average Bonchev–Trinajstić information content (AvgIpc) is 2.79. The fourth-order valence-electron chi connectivity index (χ4n) is 11.1. The van der Waals surface area contributed by atoms with E-state index in [9.17, 15) is 14.7 Å². The van der Waals surface area contributed by atoms with Crippen molar-refractivity contribution >= 4 is 11.9 Å². The van der Waals surface area contributed by atoms with Crippen LogP contribution in [0.1, 0.15) is 124 Å². The van der Waals surface area contributed by atoms with Gasteiger partial charge in [-0.15, -0.1) is 0 Å². The van der Waals surface area contributed by atoms with E-state index in [1.807, 2.05) is 13.8 Å².